The van der Waals surface area contributed by atoms with Gasteiger partial charge >= 0.3 is 0 Å². The minimum absolute atomic E-state index is 0.0999. The predicted octanol–water partition coefficient (Wildman–Crippen LogP) is 3.55. The van der Waals surface area contributed by atoms with Crippen molar-refractivity contribution in [3.63, 3.8) is 0 Å². The number of methoxy groups -OCH3 is 1. The second kappa shape index (κ2) is 5.99. The van der Waals surface area contributed by atoms with Crippen LogP contribution in [0.5, 0.6) is 5.75 Å². The number of aliphatic hydroxyl groups excluding tert-OH is 1. The van der Waals surface area contributed by atoms with Gasteiger partial charge in [-0.05, 0) is 30.7 Å². The Hall–Kier alpha value is -2.04. The SMILES string of the molecule is COc1ccc(Cn2ccc3c(Cl)c(CO)c(C)nc32)cc1. The van der Waals surface area contributed by atoms with Gasteiger partial charge in [-0.3, -0.25) is 0 Å². The van der Waals surface area contributed by atoms with Gasteiger partial charge in [-0.25, -0.2) is 4.98 Å². The van der Waals surface area contributed by atoms with E-state index in [4.69, 9.17) is 16.3 Å². The van der Waals surface area contributed by atoms with Crippen molar-refractivity contribution < 1.29 is 9.84 Å². The van der Waals surface area contributed by atoms with Crippen LogP contribution in [-0.2, 0) is 13.2 Å². The van der Waals surface area contributed by atoms with Crippen LogP contribution >= 0.6 is 11.6 Å². The molecule has 0 fully saturated rings. The molecule has 2 aromatic heterocycles. The Kier molecular flexibility index (Phi) is 4.05. The number of aryl methyl sites for hydroxylation is 1. The lowest BCUT2D eigenvalue weighted by Crippen LogP contribution is -2.02. The topological polar surface area (TPSA) is 47.3 Å². The van der Waals surface area contributed by atoms with E-state index in [0.29, 0.717) is 17.1 Å². The summed E-state index contributed by atoms with van der Waals surface area (Å²) in [4.78, 5) is 4.59. The lowest BCUT2D eigenvalue weighted by Gasteiger charge is -2.09. The van der Waals surface area contributed by atoms with E-state index in [1.807, 2.05) is 43.5 Å². The molecule has 0 unspecified atom stereocenters. The Morgan fingerprint density at radius 1 is 1.23 bits per heavy atom. The summed E-state index contributed by atoms with van der Waals surface area (Å²) in [5.41, 5.74) is 3.43. The quantitative estimate of drug-likeness (QED) is 0.800. The molecule has 0 radical (unpaired) electrons. The first kappa shape index (κ1) is 14.9. The van der Waals surface area contributed by atoms with Gasteiger partial charge in [-0.2, -0.15) is 0 Å². The summed E-state index contributed by atoms with van der Waals surface area (Å²) in [5, 5.41) is 10.9. The smallest absolute Gasteiger partial charge is 0.141 e. The first-order valence-corrected chi connectivity index (χ1v) is 7.39. The summed E-state index contributed by atoms with van der Waals surface area (Å²) >= 11 is 6.37. The third-order valence-electron chi connectivity index (χ3n) is 3.82. The molecule has 0 spiro atoms. The van der Waals surface area contributed by atoms with Gasteiger partial charge in [0, 0.05) is 29.4 Å². The van der Waals surface area contributed by atoms with Crippen LogP contribution in [0.25, 0.3) is 11.0 Å². The molecule has 114 valence electrons. The Labute approximate surface area is 133 Å². The van der Waals surface area contributed by atoms with Crippen LogP contribution in [0.2, 0.25) is 5.02 Å². The average molecular weight is 317 g/mol. The molecule has 5 heteroatoms. The maximum atomic E-state index is 9.41. The summed E-state index contributed by atoms with van der Waals surface area (Å²) < 4.78 is 7.22. The van der Waals surface area contributed by atoms with Gasteiger partial charge in [-0.15, -0.1) is 0 Å². The van der Waals surface area contributed by atoms with Crippen LogP contribution in [0.15, 0.2) is 36.5 Å². The van der Waals surface area contributed by atoms with Gasteiger partial charge in [0.15, 0.2) is 0 Å². The molecule has 2 heterocycles. The molecule has 0 amide bonds. The highest BCUT2D eigenvalue weighted by molar-refractivity contribution is 6.36. The molecule has 22 heavy (non-hydrogen) atoms. The monoisotopic (exact) mass is 316 g/mol. The molecule has 1 aromatic carbocycles. The highest BCUT2D eigenvalue weighted by atomic mass is 35.5. The summed E-state index contributed by atoms with van der Waals surface area (Å²) in [6.45, 7) is 2.47. The fourth-order valence-electron chi connectivity index (χ4n) is 2.55. The first-order valence-electron chi connectivity index (χ1n) is 7.01. The Bertz CT molecular complexity index is 810. The Balaban J connectivity index is 2.00. The lowest BCUT2D eigenvalue weighted by molar-refractivity contribution is 0.281. The minimum Gasteiger partial charge on any atom is -0.497 e. The fraction of sp³-hybridized carbons (Fsp3) is 0.235. The van der Waals surface area contributed by atoms with Crippen molar-refractivity contribution in [2.24, 2.45) is 0 Å². The molecule has 0 aliphatic heterocycles. The zero-order chi connectivity index (χ0) is 15.7. The number of halogens is 1. The van der Waals surface area contributed by atoms with Crippen molar-refractivity contribution in [3.8, 4) is 5.75 Å². The number of hydrogen-bond donors (Lipinski definition) is 1. The van der Waals surface area contributed by atoms with Crippen LogP contribution < -0.4 is 4.74 Å². The molecule has 3 rings (SSSR count). The number of benzene rings is 1. The van der Waals surface area contributed by atoms with E-state index in [9.17, 15) is 5.11 Å². The minimum atomic E-state index is -0.0999. The van der Waals surface area contributed by atoms with Gasteiger partial charge in [0.2, 0.25) is 0 Å². The molecule has 0 saturated heterocycles. The standard InChI is InChI=1S/C17H17ClN2O2/c1-11-15(10-21)16(18)14-7-8-20(17(14)19-11)9-12-3-5-13(22-2)6-4-12/h3-8,21H,9-10H2,1-2H3. The fourth-order valence-corrected chi connectivity index (χ4v) is 2.89. The molecule has 0 bridgehead atoms. The van der Waals surface area contributed by atoms with Crippen molar-refractivity contribution in [1.82, 2.24) is 9.55 Å². The highest BCUT2D eigenvalue weighted by Crippen LogP contribution is 2.29. The highest BCUT2D eigenvalue weighted by Gasteiger charge is 2.13. The molecule has 0 saturated carbocycles. The lowest BCUT2D eigenvalue weighted by atomic mass is 10.2. The van der Waals surface area contributed by atoms with Crippen molar-refractivity contribution in [1.29, 1.82) is 0 Å². The molecule has 4 nitrogen and oxygen atoms in total. The van der Waals surface area contributed by atoms with E-state index in [2.05, 4.69) is 9.55 Å². The maximum Gasteiger partial charge on any atom is 0.141 e. The van der Waals surface area contributed by atoms with Gasteiger partial charge in [0.1, 0.15) is 11.4 Å². The maximum absolute atomic E-state index is 9.41. The number of nitrogens with zero attached hydrogens (tertiary/aromatic N) is 2. The van der Waals surface area contributed by atoms with E-state index in [1.165, 1.54) is 0 Å². The van der Waals surface area contributed by atoms with Gasteiger partial charge in [0.25, 0.3) is 0 Å². The predicted molar refractivity (Wildman–Crippen MR) is 87.5 cm³/mol. The van der Waals surface area contributed by atoms with Crippen molar-refractivity contribution in [3.05, 3.63) is 58.4 Å². The van der Waals surface area contributed by atoms with E-state index in [1.54, 1.807) is 7.11 Å². The number of aromatic nitrogens is 2. The largest absolute Gasteiger partial charge is 0.497 e. The molecule has 0 aliphatic rings. The number of rotatable bonds is 4. The van der Waals surface area contributed by atoms with Crippen molar-refractivity contribution >= 4 is 22.6 Å². The van der Waals surface area contributed by atoms with Gasteiger partial charge in [-0.1, -0.05) is 23.7 Å². The summed E-state index contributed by atoms with van der Waals surface area (Å²) in [6, 6.07) is 9.88. The number of pyridine rings is 1. The third-order valence-corrected chi connectivity index (χ3v) is 4.25. The van der Waals surface area contributed by atoms with E-state index in [0.717, 1.165) is 28.0 Å². The van der Waals surface area contributed by atoms with Crippen LogP contribution in [0.3, 0.4) is 0 Å². The van der Waals surface area contributed by atoms with Gasteiger partial charge in [0.05, 0.1) is 18.7 Å². The van der Waals surface area contributed by atoms with E-state index in [-0.39, 0.29) is 6.61 Å². The molecule has 1 N–H and O–H groups in total. The second-order valence-corrected chi connectivity index (χ2v) is 5.55. The summed E-state index contributed by atoms with van der Waals surface area (Å²) in [7, 11) is 1.65. The molecule has 3 aromatic rings. The van der Waals surface area contributed by atoms with Gasteiger partial charge < -0.3 is 14.4 Å². The Morgan fingerprint density at radius 2 is 1.95 bits per heavy atom. The number of ether oxygens (including phenoxy) is 1. The number of hydrogen-bond acceptors (Lipinski definition) is 3. The number of aliphatic hydroxyl groups is 1. The zero-order valence-corrected chi connectivity index (χ0v) is 13.3. The summed E-state index contributed by atoms with van der Waals surface area (Å²) in [6.07, 6.45) is 1.97. The van der Waals surface area contributed by atoms with Crippen LogP contribution in [0, 0.1) is 6.92 Å². The van der Waals surface area contributed by atoms with Crippen LogP contribution in [0.4, 0.5) is 0 Å². The van der Waals surface area contributed by atoms with Crippen LogP contribution in [-0.4, -0.2) is 21.8 Å². The van der Waals surface area contributed by atoms with Crippen molar-refractivity contribution in [2.75, 3.05) is 7.11 Å². The van der Waals surface area contributed by atoms with Crippen LogP contribution in [0.1, 0.15) is 16.8 Å². The molecular weight excluding hydrogens is 300 g/mol. The number of fused-ring (bicyclic) bond motifs is 1. The first-order chi connectivity index (χ1) is 10.6. The Morgan fingerprint density at radius 3 is 2.59 bits per heavy atom. The zero-order valence-electron chi connectivity index (χ0n) is 12.5. The molecule has 0 aliphatic carbocycles. The molecular formula is C17H17ClN2O2. The normalized spacial score (nSPS) is 11.1. The van der Waals surface area contributed by atoms with E-state index < -0.39 is 0 Å². The summed E-state index contributed by atoms with van der Waals surface area (Å²) in [5.74, 6) is 0.839. The molecule has 0 atom stereocenters. The van der Waals surface area contributed by atoms with Crippen molar-refractivity contribution in [2.45, 2.75) is 20.1 Å². The van der Waals surface area contributed by atoms with E-state index >= 15 is 0 Å². The third kappa shape index (κ3) is 2.56. The average Bonchev–Trinajstić information content (AvgIpc) is 2.91. The second-order valence-electron chi connectivity index (χ2n) is 5.18.